The summed E-state index contributed by atoms with van der Waals surface area (Å²) in [7, 11) is 0. The van der Waals surface area contributed by atoms with E-state index >= 15 is 0 Å². The second-order valence-corrected chi connectivity index (χ2v) is 7.16. The fourth-order valence-corrected chi connectivity index (χ4v) is 2.91. The lowest BCUT2D eigenvalue weighted by molar-refractivity contribution is -0.0387. The van der Waals surface area contributed by atoms with Crippen molar-refractivity contribution in [2.45, 2.75) is 59.7 Å². The number of nitrogens with one attached hydrogen (secondary N) is 1. The predicted octanol–water partition coefficient (Wildman–Crippen LogP) is 3.18. The van der Waals surface area contributed by atoms with Gasteiger partial charge in [0.1, 0.15) is 0 Å². The van der Waals surface area contributed by atoms with E-state index in [0.29, 0.717) is 6.61 Å². The lowest BCUT2D eigenvalue weighted by Gasteiger charge is -2.37. The molecule has 2 atom stereocenters. The Hall–Kier alpha value is -0.430. The van der Waals surface area contributed by atoms with E-state index in [9.17, 15) is 0 Å². The molecule has 20 heavy (non-hydrogen) atoms. The van der Waals surface area contributed by atoms with Crippen LogP contribution in [0.25, 0.3) is 0 Å². The van der Waals surface area contributed by atoms with E-state index in [1.54, 1.807) is 0 Å². The Balaban J connectivity index is 3.26. The molecule has 0 aliphatic heterocycles. The molecular weight excluding hydrogens is 320 g/mol. The summed E-state index contributed by atoms with van der Waals surface area (Å²) in [6.07, 6.45) is 1.76. The fourth-order valence-electron chi connectivity index (χ4n) is 2.39. The zero-order valence-electron chi connectivity index (χ0n) is 13.3. The van der Waals surface area contributed by atoms with Crippen molar-refractivity contribution in [3.8, 4) is 0 Å². The van der Waals surface area contributed by atoms with Gasteiger partial charge in [-0.05, 0) is 42.1 Å². The highest BCUT2D eigenvalue weighted by atomic mass is 79.9. The summed E-state index contributed by atoms with van der Waals surface area (Å²) in [5.74, 6) is 5.84. The SMILES string of the molecule is CCOC(C(NN)c1c(Br)cnn1C(C)C)C(C)(C)C. The van der Waals surface area contributed by atoms with Gasteiger partial charge in [-0.1, -0.05) is 20.8 Å². The number of hydrogen-bond donors (Lipinski definition) is 2. The first-order valence-corrected chi connectivity index (χ1v) is 7.83. The van der Waals surface area contributed by atoms with Gasteiger partial charge in [-0.15, -0.1) is 0 Å². The van der Waals surface area contributed by atoms with Crippen LogP contribution in [0.4, 0.5) is 0 Å². The van der Waals surface area contributed by atoms with Crippen molar-refractivity contribution in [2.24, 2.45) is 11.3 Å². The summed E-state index contributed by atoms with van der Waals surface area (Å²) < 4.78 is 8.89. The highest BCUT2D eigenvalue weighted by Gasteiger charge is 2.36. The molecule has 1 heterocycles. The first-order valence-electron chi connectivity index (χ1n) is 7.04. The Morgan fingerprint density at radius 1 is 1.45 bits per heavy atom. The fraction of sp³-hybridized carbons (Fsp3) is 0.786. The van der Waals surface area contributed by atoms with Crippen molar-refractivity contribution < 1.29 is 4.74 Å². The summed E-state index contributed by atoms with van der Waals surface area (Å²) in [4.78, 5) is 0. The standard InChI is InChI=1S/C14H27BrN4O/c1-7-20-13(14(4,5)6)11(18-16)12-10(15)8-17-19(12)9(2)3/h8-9,11,13,18H,7,16H2,1-6H3. The molecule has 5 nitrogen and oxygen atoms in total. The molecule has 6 heteroatoms. The summed E-state index contributed by atoms with van der Waals surface area (Å²) in [5.41, 5.74) is 3.90. The molecule has 0 spiro atoms. The van der Waals surface area contributed by atoms with Crippen molar-refractivity contribution in [1.82, 2.24) is 15.2 Å². The number of rotatable bonds is 6. The molecule has 1 rings (SSSR count). The van der Waals surface area contributed by atoms with Crippen LogP contribution < -0.4 is 11.3 Å². The van der Waals surface area contributed by atoms with Crippen LogP contribution in [0, 0.1) is 5.41 Å². The largest absolute Gasteiger partial charge is 0.376 e. The lowest BCUT2D eigenvalue weighted by atomic mass is 9.83. The number of hydrazine groups is 1. The number of aromatic nitrogens is 2. The Labute approximate surface area is 130 Å². The topological polar surface area (TPSA) is 65.1 Å². The van der Waals surface area contributed by atoms with Gasteiger partial charge in [-0.25, -0.2) is 5.43 Å². The average Bonchev–Trinajstić information content (AvgIpc) is 2.70. The third-order valence-electron chi connectivity index (χ3n) is 3.25. The molecule has 0 bridgehead atoms. The Kier molecular flexibility index (Phi) is 6.19. The Morgan fingerprint density at radius 3 is 2.45 bits per heavy atom. The molecule has 0 aliphatic carbocycles. The van der Waals surface area contributed by atoms with Crippen molar-refractivity contribution in [3.63, 3.8) is 0 Å². The summed E-state index contributed by atoms with van der Waals surface area (Å²) >= 11 is 3.58. The van der Waals surface area contributed by atoms with Crippen LogP contribution in [0.1, 0.15) is 59.3 Å². The molecule has 0 amide bonds. The van der Waals surface area contributed by atoms with Crippen molar-refractivity contribution in [2.75, 3.05) is 6.61 Å². The molecule has 2 unspecified atom stereocenters. The lowest BCUT2D eigenvalue weighted by Crippen LogP contribution is -2.45. The van der Waals surface area contributed by atoms with Gasteiger partial charge in [0.05, 0.1) is 28.5 Å². The van der Waals surface area contributed by atoms with E-state index in [0.717, 1.165) is 10.2 Å². The van der Waals surface area contributed by atoms with Gasteiger partial charge >= 0.3 is 0 Å². The maximum atomic E-state index is 5.97. The Morgan fingerprint density at radius 2 is 2.05 bits per heavy atom. The molecular formula is C14H27BrN4O. The molecule has 0 aliphatic rings. The van der Waals surface area contributed by atoms with Crippen molar-refractivity contribution in [1.29, 1.82) is 0 Å². The summed E-state index contributed by atoms with van der Waals surface area (Å²) in [6, 6.07) is 0.128. The molecule has 1 aromatic rings. The van der Waals surface area contributed by atoms with E-state index in [2.05, 4.69) is 61.1 Å². The van der Waals surface area contributed by atoms with E-state index in [4.69, 9.17) is 10.6 Å². The quantitative estimate of drug-likeness (QED) is 0.613. The maximum Gasteiger partial charge on any atom is 0.0907 e. The molecule has 3 N–H and O–H groups in total. The number of hydrogen-bond acceptors (Lipinski definition) is 4. The monoisotopic (exact) mass is 346 g/mol. The molecule has 0 saturated carbocycles. The molecule has 116 valence electrons. The molecule has 0 aromatic carbocycles. The first kappa shape index (κ1) is 17.6. The van der Waals surface area contributed by atoms with Gasteiger partial charge in [0.25, 0.3) is 0 Å². The normalized spacial score (nSPS) is 15.7. The Bertz CT molecular complexity index is 425. The van der Waals surface area contributed by atoms with Crippen LogP contribution in [0.5, 0.6) is 0 Å². The van der Waals surface area contributed by atoms with E-state index < -0.39 is 0 Å². The van der Waals surface area contributed by atoms with Gasteiger partial charge < -0.3 is 4.74 Å². The molecule has 0 saturated heterocycles. The molecule has 0 fully saturated rings. The van der Waals surface area contributed by atoms with Crippen molar-refractivity contribution >= 4 is 15.9 Å². The first-order chi connectivity index (χ1) is 9.23. The van der Waals surface area contributed by atoms with Gasteiger partial charge in [0, 0.05) is 12.6 Å². The molecule has 1 aromatic heterocycles. The van der Waals surface area contributed by atoms with Gasteiger partial charge in [-0.3, -0.25) is 10.5 Å². The molecule has 0 radical (unpaired) electrons. The van der Waals surface area contributed by atoms with Gasteiger partial charge in [0.2, 0.25) is 0 Å². The number of ether oxygens (including phenoxy) is 1. The van der Waals surface area contributed by atoms with Gasteiger partial charge in [0.15, 0.2) is 0 Å². The number of nitrogens with two attached hydrogens (primary N) is 1. The van der Waals surface area contributed by atoms with Gasteiger partial charge in [-0.2, -0.15) is 5.10 Å². The zero-order valence-corrected chi connectivity index (χ0v) is 14.9. The zero-order chi connectivity index (χ0) is 15.5. The predicted molar refractivity (Wildman–Crippen MR) is 85.2 cm³/mol. The summed E-state index contributed by atoms with van der Waals surface area (Å²) in [6.45, 7) is 13.3. The minimum atomic E-state index is -0.130. The third kappa shape index (κ3) is 3.81. The highest BCUT2D eigenvalue weighted by molar-refractivity contribution is 9.10. The summed E-state index contributed by atoms with van der Waals surface area (Å²) in [5, 5.41) is 4.43. The maximum absolute atomic E-state index is 5.97. The minimum Gasteiger partial charge on any atom is -0.376 e. The second-order valence-electron chi connectivity index (χ2n) is 6.30. The van der Waals surface area contributed by atoms with E-state index in [1.807, 2.05) is 17.8 Å². The minimum absolute atomic E-state index is 0.0431. The second kappa shape index (κ2) is 7.02. The van der Waals surface area contributed by atoms with E-state index in [-0.39, 0.29) is 23.6 Å². The van der Waals surface area contributed by atoms with Crippen LogP contribution in [0.2, 0.25) is 0 Å². The highest BCUT2D eigenvalue weighted by Crippen LogP contribution is 2.36. The van der Waals surface area contributed by atoms with Crippen LogP contribution >= 0.6 is 15.9 Å². The third-order valence-corrected chi connectivity index (χ3v) is 3.86. The van der Waals surface area contributed by atoms with Crippen LogP contribution in [0.15, 0.2) is 10.7 Å². The number of halogens is 1. The average molecular weight is 347 g/mol. The van der Waals surface area contributed by atoms with E-state index in [1.165, 1.54) is 0 Å². The number of nitrogens with zero attached hydrogens (tertiary/aromatic N) is 2. The van der Waals surface area contributed by atoms with Crippen LogP contribution in [0.3, 0.4) is 0 Å². The van der Waals surface area contributed by atoms with Crippen LogP contribution in [-0.2, 0) is 4.74 Å². The smallest absolute Gasteiger partial charge is 0.0907 e. The van der Waals surface area contributed by atoms with Crippen LogP contribution in [-0.4, -0.2) is 22.5 Å². The van der Waals surface area contributed by atoms with Crippen molar-refractivity contribution in [3.05, 3.63) is 16.4 Å².